The molecule has 1 aromatic carbocycles. The van der Waals surface area contributed by atoms with Gasteiger partial charge in [-0.2, -0.15) is 0 Å². The molecule has 1 aliphatic heterocycles. The fourth-order valence-electron chi connectivity index (χ4n) is 4.65. The van der Waals surface area contributed by atoms with Crippen LogP contribution in [0.3, 0.4) is 0 Å². The van der Waals surface area contributed by atoms with E-state index < -0.39 is 5.91 Å². The molecule has 160 valence electrons. The van der Waals surface area contributed by atoms with Crippen molar-refractivity contribution in [3.63, 3.8) is 0 Å². The molecule has 5 rings (SSSR count). The maximum Gasteiger partial charge on any atom is 0.261 e. The molecule has 0 atom stereocenters. The standard InChI is InChI=1S/C23H24N4O3S/c24-20(28)19-15-6-3-4-7-17(15)31-22(19)26-21(29)13-9-10-14-16(12-13)25-18-8-2-1-5-11-27(18)23(14)30/h9-10,12H,1-8,11H2,(H2,24,28)(H,26,29). The summed E-state index contributed by atoms with van der Waals surface area (Å²) in [4.78, 5) is 43.8. The fourth-order valence-corrected chi connectivity index (χ4v) is 5.94. The Morgan fingerprint density at radius 2 is 1.87 bits per heavy atom. The summed E-state index contributed by atoms with van der Waals surface area (Å²) >= 11 is 1.44. The third-order valence-electron chi connectivity index (χ3n) is 6.22. The summed E-state index contributed by atoms with van der Waals surface area (Å²) in [7, 11) is 0. The van der Waals surface area contributed by atoms with Gasteiger partial charge in [-0.15, -0.1) is 11.3 Å². The lowest BCUT2D eigenvalue weighted by atomic mass is 9.95. The van der Waals surface area contributed by atoms with Crippen LogP contribution in [-0.4, -0.2) is 21.4 Å². The van der Waals surface area contributed by atoms with E-state index in [0.29, 0.717) is 33.6 Å². The lowest BCUT2D eigenvalue weighted by molar-refractivity contribution is 0.100. The molecule has 0 unspecified atom stereocenters. The van der Waals surface area contributed by atoms with Gasteiger partial charge in [-0.05, 0) is 62.3 Å². The highest BCUT2D eigenvalue weighted by molar-refractivity contribution is 7.17. The fraction of sp³-hybridized carbons (Fsp3) is 0.391. The van der Waals surface area contributed by atoms with Gasteiger partial charge in [-0.3, -0.25) is 19.0 Å². The van der Waals surface area contributed by atoms with Gasteiger partial charge in [-0.1, -0.05) is 6.42 Å². The Kier molecular flexibility index (Phi) is 5.09. The van der Waals surface area contributed by atoms with Crippen LogP contribution >= 0.6 is 11.3 Å². The van der Waals surface area contributed by atoms with Gasteiger partial charge < -0.3 is 11.1 Å². The Labute approximate surface area is 183 Å². The van der Waals surface area contributed by atoms with Crippen LogP contribution in [0.5, 0.6) is 0 Å². The van der Waals surface area contributed by atoms with Crippen LogP contribution in [0.4, 0.5) is 5.00 Å². The number of rotatable bonds is 3. The number of aromatic nitrogens is 2. The first kappa shape index (κ1) is 19.9. The predicted molar refractivity (Wildman–Crippen MR) is 121 cm³/mol. The molecule has 2 aromatic heterocycles. The minimum Gasteiger partial charge on any atom is -0.365 e. The normalized spacial score (nSPS) is 15.7. The van der Waals surface area contributed by atoms with Crippen molar-refractivity contribution in [3.05, 3.63) is 55.9 Å². The number of fused-ring (bicyclic) bond motifs is 3. The predicted octanol–water partition coefficient (Wildman–Crippen LogP) is 3.41. The Morgan fingerprint density at radius 1 is 1.06 bits per heavy atom. The molecule has 0 radical (unpaired) electrons. The van der Waals surface area contributed by atoms with E-state index in [1.807, 2.05) is 0 Å². The maximum absolute atomic E-state index is 13.0. The van der Waals surface area contributed by atoms with Crippen LogP contribution in [0.1, 0.15) is 69.1 Å². The first-order chi connectivity index (χ1) is 15.0. The van der Waals surface area contributed by atoms with Crippen molar-refractivity contribution in [2.24, 2.45) is 5.73 Å². The Balaban J connectivity index is 1.50. The van der Waals surface area contributed by atoms with E-state index in [2.05, 4.69) is 5.32 Å². The van der Waals surface area contributed by atoms with Crippen molar-refractivity contribution in [3.8, 4) is 0 Å². The van der Waals surface area contributed by atoms with Crippen LogP contribution in [0, 0.1) is 0 Å². The van der Waals surface area contributed by atoms with E-state index in [9.17, 15) is 14.4 Å². The number of hydrogen-bond acceptors (Lipinski definition) is 5. The number of hydrogen-bond donors (Lipinski definition) is 2. The molecule has 3 heterocycles. The largest absolute Gasteiger partial charge is 0.365 e. The summed E-state index contributed by atoms with van der Waals surface area (Å²) in [6.07, 6.45) is 7.66. The first-order valence-electron chi connectivity index (χ1n) is 10.8. The number of anilines is 1. The number of primary amides is 1. The van der Waals surface area contributed by atoms with Gasteiger partial charge in [-0.25, -0.2) is 4.98 Å². The molecule has 0 saturated heterocycles. The van der Waals surface area contributed by atoms with Gasteiger partial charge in [0.2, 0.25) is 0 Å². The highest BCUT2D eigenvalue weighted by Crippen LogP contribution is 2.38. The average Bonchev–Trinajstić information content (AvgIpc) is 2.95. The van der Waals surface area contributed by atoms with E-state index in [4.69, 9.17) is 10.7 Å². The Morgan fingerprint density at radius 3 is 2.71 bits per heavy atom. The van der Waals surface area contributed by atoms with E-state index in [0.717, 1.165) is 67.6 Å². The molecule has 2 amide bonds. The molecule has 31 heavy (non-hydrogen) atoms. The number of carbonyl (C=O) groups is 2. The lowest BCUT2D eigenvalue weighted by Gasteiger charge is -2.11. The molecule has 8 heteroatoms. The number of nitrogens with one attached hydrogen (secondary N) is 1. The second kappa shape index (κ2) is 7.92. The monoisotopic (exact) mass is 436 g/mol. The van der Waals surface area contributed by atoms with Crippen molar-refractivity contribution in [1.29, 1.82) is 0 Å². The van der Waals surface area contributed by atoms with Gasteiger partial charge in [0.25, 0.3) is 17.4 Å². The zero-order valence-corrected chi connectivity index (χ0v) is 18.0. The summed E-state index contributed by atoms with van der Waals surface area (Å²) in [5.41, 5.74) is 7.95. The molecule has 0 fully saturated rings. The van der Waals surface area contributed by atoms with Crippen LogP contribution in [-0.2, 0) is 25.8 Å². The van der Waals surface area contributed by atoms with Gasteiger partial charge >= 0.3 is 0 Å². The van der Waals surface area contributed by atoms with E-state index >= 15 is 0 Å². The number of carbonyl (C=O) groups excluding carboxylic acids is 2. The summed E-state index contributed by atoms with van der Waals surface area (Å²) in [5.74, 6) is -0.0556. The number of nitrogens with zero attached hydrogens (tertiary/aromatic N) is 2. The summed E-state index contributed by atoms with van der Waals surface area (Å²) in [5, 5.41) is 3.92. The summed E-state index contributed by atoms with van der Waals surface area (Å²) in [6, 6.07) is 4.98. The summed E-state index contributed by atoms with van der Waals surface area (Å²) < 4.78 is 1.77. The highest BCUT2D eigenvalue weighted by atomic mass is 32.1. The molecular formula is C23H24N4O3S. The molecule has 3 N–H and O–H groups in total. The highest BCUT2D eigenvalue weighted by Gasteiger charge is 2.25. The van der Waals surface area contributed by atoms with Crippen molar-refractivity contribution in [1.82, 2.24) is 9.55 Å². The van der Waals surface area contributed by atoms with Crippen LogP contribution < -0.4 is 16.6 Å². The lowest BCUT2D eigenvalue weighted by Crippen LogP contribution is -2.24. The van der Waals surface area contributed by atoms with Crippen molar-refractivity contribution in [2.45, 2.75) is 57.9 Å². The maximum atomic E-state index is 13.0. The van der Waals surface area contributed by atoms with E-state index in [-0.39, 0.29) is 11.5 Å². The number of nitrogens with two attached hydrogens (primary N) is 1. The van der Waals surface area contributed by atoms with E-state index in [1.54, 1.807) is 22.8 Å². The summed E-state index contributed by atoms with van der Waals surface area (Å²) in [6.45, 7) is 0.693. The number of benzene rings is 1. The van der Waals surface area contributed by atoms with Gasteiger partial charge in [0.15, 0.2) is 0 Å². The van der Waals surface area contributed by atoms with Gasteiger partial charge in [0.05, 0.1) is 16.5 Å². The second-order valence-corrected chi connectivity index (χ2v) is 9.37. The number of amides is 2. The first-order valence-corrected chi connectivity index (χ1v) is 11.6. The third-order valence-corrected chi connectivity index (χ3v) is 7.43. The Bertz CT molecular complexity index is 1270. The van der Waals surface area contributed by atoms with Crippen LogP contribution in [0.2, 0.25) is 0 Å². The van der Waals surface area contributed by atoms with E-state index in [1.165, 1.54) is 11.3 Å². The zero-order valence-electron chi connectivity index (χ0n) is 17.2. The van der Waals surface area contributed by atoms with Crippen LogP contribution in [0.25, 0.3) is 10.9 Å². The molecule has 2 aliphatic rings. The SMILES string of the molecule is NC(=O)c1c(NC(=O)c2ccc3c(=O)n4c(nc3c2)CCCCC4)sc2c1CCCC2. The Hall–Kier alpha value is -3.00. The average molecular weight is 437 g/mol. The molecule has 1 aliphatic carbocycles. The smallest absolute Gasteiger partial charge is 0.261 e. The second-order valence-electron chi connectivity index (χ2n) is 8.26. The molecular weight excluding hydrogens is 412 g/mol. The van der Waals surface area contributed by atoms with Gasteiger partial charge in [0.1, 0.15) is 10.8 Å². The number of aryl methyl sites for hydroxylation is 2. The zero-order chi connectivity index (χ0) is 21.5. The van der Waals surface area contributed by atoms with Crippen molar-refractivity contribution >= 4 is 39.1 Å². The van der Waals surface area contributed by atoms with Crippen molar-refractivity contribution < 1.29 is 9.59 Å². The quantitative estimate of drug-likeness (QED) is 0.656. The van der Waals surface area contributed by atoms with Crippen molar-refractivity contribution in [2.75, 3.05) is 5.32 Å². The van der Waals surface area contributed by atoms with Crippen LogP contribution in [0.15, 0.2) is 23.0 Å². The minimum atomic E-state index is -0.509. The molecule has 0 spiro atoms. The molecule has 0 saturated carbocycles. The molecule has 3 aromatic rings. The molecule has 7 nitrogen and oxygen atoms in total. The molecule has 0 bridgehead atoms. The minimum absolute atomic E-state index is 0.0456. The third kappa shape index (κ3) is 3.54. The number of thiophene rings is 1. The topological polar surface area (TPSA) is 107 Å². The van der Waals surface area contributed by atoms with Gasteiger partial charge in [0, 0.05) is 23.4 Å².